The maximum Gasteiger partial charge on any atom is 0.247 e. The number of nitrogens with zero attached hydrogens (tertiary/aromatic N) is 1. The minimum atomic E-state index is -1.16. The Bertz CT molecular complexity index is 1250. The molecule has 0 spiro atoms. The van der Waals surface area contributed by atoms with Gasteiger partial charge in [0, 0.05) is 37.9 Å². The van der Waals surface area contributed by atoms with Crippen molar-refractivity contribution in [1.82, 2.24) is 10.2 Å². The van der Waals surface area contributed by atoms with E-state index in [-0.39, 0.29) is 55.6 Å². The van der Waals surface area contributed by atoms with Crippen LogP contribution in [0.1, 0.15) is 71.3 Å². The van der Waals surface area contributed by atoms with Crippen molar-refractivity contribution in [3.05, 3.63) is 32.9 Å². The van der Waals surface area contributed by atoms with Gasteiger partial charge >= 0.3 is 0 Å². The zero-order valence-corrected chi connectivity index (χ0v) is 28.3. The molecule has 244 valence electrons. The molecule has 3 saturated carbocycles. The van der Waals surface area contributed by atoms with E-state index in [1.807, 2.05) is 0 Å². The predicted molar refractivity (Wildman–Crippen MR) is 173 cm³/mol. The first-order chi connectivity index (χ1) is 20.9. The van der Waals surface area contributed by atoms with Crippen molar-refractivity contribution >= 4 is 40.2 Å². The molecule has 1 aromatic carbocycles. The second-order valence-electron chi connectivity index (χ2n) is 13.1. The third-order valence-electron chi connectivity index (χ3n) is 10.0. The highest BCUT2D eigenvalue weighted by Crippen LogP contribution is 2.61. The fourth-order valence-corrected chi connectivity index (χ4v) is 8.18. The standard InChI is InChI=1S/C33H47IN2O8/c1-19(39)6-5-7-29(40)36(17-21-8-9-23-16-24(21)33(23,2)3)26-14-22(32(42)35-10-11-37)15-27(30(26)41)44-31-25(34)12-20(18-38)13-28(31)43-4/h12-13,15,21,23-24,26-27,30,37-38,41H,5-11,14,16-18H2,1-4H3,(H,35,42)/t21-,23-,24-,26+,27-,30-/m0/s1. The van der Waals surface area contributed by atoms with Gasteiger partial charge in [0.1, 0.15) is 18.0 Å². The molecule has 0 aliphatic heterocycles. The summed E-state index contributed by atoms with van der Waals surface area (Å²) in [6, 6.07) is 2.67. The molecule has 4 N–H and O–H groups in total. The summed E-state index contributed by atoms with van der Waals surface area (Å²) in [5.74, 6) is 1.64. The van der Waals surface area contributed by atoms with E-state index in [0.717, 1.165) is 19.3 Å². The van der Waals surface area contributed by atoms with Crippen LogP contribution in [0.5, 0.6) is 11.5 Å². The number of ketones is 1. The number of rotatable bonds is 14. The van der Waals surface area contributed by atoms with Crippen molar-refractivity contribution in [3.8, 4) is 11.5 Å². The van der Waals surface area contributed by atoms with Crippen molar-refractivity contribution < 1.29 is 39.2 Å². The minimum absolute atomic E-state index is 0.0200. The number of aliphatic hydroxyl groups is 3. The molecule has 0 aromatic heterocycles. The van der Waals surface area contributed by atoms with Crippen LogP contribution in [0, 0.1) is 26.7 Å². The number of carbonyl (C=O) groups is 3. The molecule has 4 aliphatic rings. The number of nitrogens with one attached hydrogen (secondary N) is 1. The summed E-state index contributed by atoms with van der Waals surface area (Å²) >= 11 is 2.08. The lowest BCUT2D eigenvalue weighted by Gasteiger charge is -2.61. The first kappa shape index (κ1) is 34.6. The molecule has 2 amide bonds. The fourth-order valence-electron chi connectivity index (χ4n) is 7.38. The number of ether oxygens (including phenoxy) is 2. The molecule has 3 fully saturated rings. The van der Waals surface area contributed by atoms with Crippen LogP contribution in [0.3, 0.4) is 0 Å². The van der Waals surface area contributed by atoms with E-state index in [2.05, 4.69) is 41.8 Å². The van der Waals surface area contributed by atoms with Crippen molar-refractivity contribution in [1.29, 1.82) is 0 Å². The topological polar surface area (TPSA) is 146 Å². The molecule has 44 heavy (non-hydrogen) atoms. The summed E-state index contributed by atoms with van der Waals surface area (Å²) in [5.41, 5.74) is 1.19. The van der Waals surface area contributed by atoms with Gasteiger partial charge in [0.05, 0.1) is 29.9 Å². The van der Waals surface area contributed by atoms with Gasteiger partial charge in [-0.1, -0.05) is 13.8 Å². The lowest BCUT2D eigenvalue weighted by atomic mass is 9.45. The summed E-state index contributed by atoms with van der Waals surface area (Å²) in [7, 11) is 1.49. The van der Waals surface area contributed by atoms with Crippen LogP contribution in [0.25, 0.3) is 0 Å². The smallest absolute Gasteiger partial charge is 0.247 e. The Labute approximate surface area is 273 Å². The van der Waals surface area contributed by atoms with Crippen LogP contribution in [0.2, 0.25) is 0 Å². The van der Waals surface area contributed by atoms with Crippen molar-refractivity contribution in [2.24, 2.45) is 23.2 Å². The largest absolute Gasteiger partial charge is 0.493 e. The van der Waals surface area contributed by atoms with E-state index in [4.69, 9.17) is 9.47 Å². The molecular formula is C33H47IN2O8. The zero-order chi connectivity index (χ0) is 32.2. The monoisotopic (exact) mass is 726 g/mol. The van der Waals surface area contributed by atoms with Crippen LogP contribution in [-0.2, 0) is 21.0 Å². The Morgan fingerprint density at radius 3 is 2.52 bits per heavy atom. The van der Waals surface area contributed by atoms with E-state index in [1.165, 1.54) is 14.0 Å². The fraction of sp³-hybridized carbons (Fsp3) is 0.667. The lowest BCUT2D eigenvalue weighted by molar-refractivity contribution is -0.148. The Balaban J connectivity index is 1.68. The third kappa shape index (κ3) is 7.59. The van der Waals surface area contributed by atoms with E-state index in [1.54, 1.807) is 23.1 Å². The SMILES string of the molecule is COc1cc(CO)cc(I)c1O[C@H]1C=C(C(=O)NCCO)C[C@@H](N(C[C@@H]2CC[C@H]3C[C@@H]2C3(C)C)C(=O)CCCC(C)=O)[C@@H]1O. The molecule has 0 unspecified atom stereocenters. The number of amides is 2. The first-order valence-corrected chi connectivity index (χ1v) is 16.7. The summed E-state index contributed by atoms with van der Waals surface area (Å²) in [6.07, 6.45) is 3.69. The predicted octanol–water partition coefficient (Wildman–Crippen LogP) is 3.37. The molecule has 11 heteroatoms. The van der Waals surface area contributed by atoms with E-state index >= 15 is 0 Å². The molecule has 6 atom stereocenters. The number of fused-ring (bicyclic) bond motifs is 2. The molecular weight excluding hydrogens is 679 g/mol. The summed E-state index contributed by atoms with van der Waals surface area (Å²) in [6.45, 7) is 6.24. The number of Topliss-reactive ketones (excluding diaryl/α,β-unsaturated/α-hetero) is 1. The number of halogens is 1. The van der Waals surface area contributed by atoms with Gasteiger partial charge in [0.25, 0.3) is 0 Å². The van der Waals surface area contributed by atoms with Crippen LogP contribution in [-0.4, -0.2) is 82.9 Å². The summed E-state index contributed by atoms with van der Waals surface area (Å²) in [5, 5.41) is 33.6. The Kier molecular flexibility index (Phi) is 11.7. The lowest BCUT2D eigenvalue weighted by Crippen LogP contribution is -2.59. The highest BCUT2D eigenvalue weighted by atomic mass is 127. The normalized spacial score (nSPS) is 27.0. The molecule has 1 aromatic rings. The Morgan fingerprint density at radius 2 is 1.91 bits per heavy atom. The second-order valence-corrected chi connectivity index (χ2v) is 14.2. The van der Waals surface area contributed by atoms with E-state index < -0.39 is 24.2 Å². The number of benzene rings is 1. The average Bonchev–Trinajstić information content (AvgIpc) is 3.00. The second kappa shape index (κ2) is 14.9. The highest BCUT2D eigenvalue weighted by molar-refractivity contribution is 14.1. The third-order valence-corrected chi connectivity index (χ3v) is 10.8. The number of aliphatic hydroxyl groups excluding tert-OH is 3. The van der Waals surface area contributed by atoms with Gasteiger partial charge in [-0.15, -0.1) is 0 Å². The highest BCUT2D eigenvalue weighted by Gasteiger charge is 2.55. The molecule has 10 nitrogen and oxygen atoms in total. The molecule has 4 aliphatic carbocycles. The van der Waals surface area contributed by atoms with E-state index in [9.17, 15) is 29.7 Å². The van der Waals surface area contributed by atoms with Crippen LogP contribution in [0.4, 0.5) is 0 Å². The number of carbonyl (C=O) groups excluding carboxylic acids is 3. The van der Waals surface area contributed by atoms with Crippen LogP contribution >= 0.6 is 22.6 Å². The first-order valence-electron chi connectivity index (χ1n) is 15.6. The Morgan fingerprint density at radius 1 is 1.16 bits per heavy atom. The summed E-state index contributed by atoms with van der Waals surface area (Å²) in [4.78, 5) is 40.6. The van der Waals surface area contributed by atoms with Gasteiger partial charge in [0.2, 0.25) is 11.8 Å². The minimum Gasteiger partial charge on any atom is -0.493 e. The quantitative estimate of drug-likeness (QED) is 0.214. The molecule has 0 heterocycles. The van der Waals surface area contributed by atoms with Crippen molar-refractivity contribution in [2.45, 2.75) is 90.6 Å². The maximum absolute atomic E-state index is 13.9. The number of methoxy groups -OCH3 is 1. The van der Waals surface area contributed by atoms with Gasteiger partial charge in [-0.25, -0.2) is 0 Å². The van der Waals surface area contributed by atoms with Gasteiger partial charge in [-0.2, -0.15) is 0 Å². The van der Waals surface area contributed by atoms with Crippen molar-refractivity contribution in [3.63, 3.8) is 0 Å². The van der Waals surface area contributed by atoms with Gasteiger partial charge in [-0.3, -0.25) is 9.59 Å². The van der Waals surface area contributed by atoms with Gasteiger partial charge in [-0.05, 0) is 102 Å². The molecule has 2 bridgehead atoms. The Hall–Kier alpha value is -2.22. The van der Waals surface area contributed by atoms with E-state index in [0.29, 0.717) is 57.4 Å². The van der Waals surface area contributed by atoms with Crippen molar-refractivity contribution in [2.75, 3.05) is 26.8 Å². The molecule has 5 rings (SSSR count). The van der Waals surface area contributed by atoms with Crippen LogP contribution < -0.4 is 14.8 Å². The average molecular weight is 727 g/mol. The van der Waals surface area contributed by atoms with Crippen LogP contribution in [0.15, 0.2) is 23.8 Å². The zero-order valence-electron chi connectivity index (χ0n) is 26.2. The molecule has 0 saturated heterocycles. The number of hydrogen-bond acceptors (Lipinski definition) is 8. The molecule has 0 radical (unpaired) electrons. The number of hydrogen-bond donors (Lipinski definition) is 4. The summed E-state index contributed by atoms with van der Waals surface area (Å²) < 4.78 is 12.6. The van der Waals surface area contributed by atoms with Gasteiger partial charge in [0.15, 0.2) is 11.5 Å². The van der Waals surface area contributed by atoms with Gasteiger partial charge < -0.3 is 39.8 Å². The maximum atomic E-state index is 13.9.